The van der Waals surface area contributed by atoms with Crippen LogP contribution in [0.15, 0.2) is 54.6 Å². The van der Waals surface area contributed by atoms with Crippen LogP contribution in [-0.2, 0) is 15.1 Å². The summed E-state index contributed by atoms with van der Waals surface area (Å²) in [6.45, 7) is 0.925. The van der Waals surface area contributed by atoms with Crippen LogP contribution in [0.5, 0.6) is 5.75 Å². The van der Waals surface area contributed by atoms with E-state index in [1.807, 2.05) is 36.4 Å². The summed E-state index contributed by atoms with van der Waals surface area (Å²) in [5, 5.41) is 10.0. The van der Waals surface area contributed by atoms with Gasteiger partial charge in [-0.05, 0) is 35.4 Å². The van der Waals surface area contributed by atoms with Crippen molar-refractivity contribution in [2.75, 3.05) is 26.9 Å². The summed E-state index contributed by atoms with van der Waals surface area (Å²) in [5.74, 6) is -0.681. The molecule has 1 aliphatic heterocycles. The van der Waals surface area contributed by atoms with Gasteiger partial charge >= 0.3 is 0 Å². The quantitative estimate of drug-likeness (QED) is 0.323. The van der Waals surface area contributed by atoms with E-state index in [9.17, 15) is 5.26 Å². The van der Waals surface area contributed by atoms with Crippen LogP contribution in [0.25, 0.3) is 11.1 Å². The van der Waals surface area contributed by atoms with Crippen LogP contribution >= 0.6 is 23.2 Å². The van der Waals surface area contributed by atoms with Crippen molar-refractivity contribution in [2.45, 2.75) is 5.60 Å². The molecule has 31 heavy (non-hydrogen) atoms. The summed E-state index contributed by atoms with van der Waals surface area (Å²) in [4.78, 5) is 0. The van der Waals surface area contributed by atoms with Crippen molar-refractivity contribution in [1.29, 1.82) is 5.26 Å². The van der Waals surface area contributed by atoms with Crippen LogP contribution < -0.4 is 4.74 Å². The summed E-state index contributed by atoms with van der Waals surface area (Å²) < 4.78 is 31.7. The third-order valence-electron chi connectivity index (χ3n) is 5.21. The molecule has 7 heteroatoms. The zero-order valence-corrected chi connectivity index (χ0v) is 18.1. The first kappa shape index (κ1) is 21.6. The highest BCUT2D eigenvalue weighted by molar-refractivity contribution is 6.43. The molecule has 1 fully saturated rings. The van der Waals surface area contributed by atoms with Gasteiger partial charge in [-0.15, -0.1) is 0 Å². The highest BCUT2D eigenvalue weighted by Gasteiger charge is 2.48. The van der Waals surface area contributed by atoms with Gasteiger partial charge < -0.3 is 14.2 Å². The van der Waals surface area contributed by atoms with Gasteiger partial charge in [-0.25, -0.2) is 4.39 Å². The SMILES string of the molecule is COCCOc1ccc(C#N)c(-c2cc(C3(c4ccccc4)CO3)cc(Cl)c2Cl)c1F. The van der Waals surface area contributed by atoms with Crippen molar-refractivity contribution in [3.63, 3.8) is 0 Å². The Morgan fingerprint density at radius 1 is 1.10 bits per heavy atom. The maximum atomic E-state index is 15.5. The zero-order valence-electron chi connectivity index (χ0n) is 16.6. The lowest BCUT2D eigenvalue weighted by atomic mass is 9.88. The molecular formula is C24H18Cl2FNO3. The van der Waals surface area contributed by atoms with Crippen molar-refractivity contribution in [1.82, 2.24) is 0 Å². The number of hydrogen-bond donors (Lipinski definition) is 0. The predicted molar refractivity (Wildman–Crippen MR) is 117 cm³/mol. The number of nitrogens with zero attached hydrogens (tertiary/aromatic N) is 1. The van der Waals surface area contributed by atoms with E-state index in [2.05, 4.69) is 0 Å². The lowest BCUT2D eigenvalue weighted by Crippen LogP contribution is -2.11. The molecule has 1 unspecified atom stereocenters. The monoisotopic (exact) mass is 457 g/mol. The van der Waals surface area contributed by atoms with E-state index in [0.29, 0.717) is 18.8 Å². The Hall–Kier alpha value is -2.62. The first-order valence-electron chi connectivity index (χ1n) is 9.55. The summed E-state index contributed by atoms with van der Waals surface area (Å²) in [6, 6.07) is 18.1. The molecule has 0 amide bonds. The maximum absolute atomic E-state index is 15.5. The topological polar surface area (TPSA) is 54.8 Å². The standard InChI is InChI=1S/C24H18Cl2FNO3/c1-29-9-10-30-20-8-7-15(13-28)21(23(20)27)18-11-17(12-19(25)22(18)26)24(14-31-24)16-5-3-2-4-6-16/h2-8,11-12H,9-10,14H2,1H3. The van der Waals surface area contributed by atoms with E-state index in [1.165, 1.54) is 19.2 Å². The largest absolute Gasteiger partial charge is 0.488 e. The molecule has 0 aromatic heterocycles. The molecule has 0 spiro atoms. The van der Waals surface area contributed by atoms with E-state index >= 15 is 4.39 Å². The van der Waals surface area contributed by atoms with E-state index in [0.717, 1.165) is 11.1 Å². The Kier molecular flexibility index (Phi) is 6.17. The number of epoxide rings is 1. The van der Waals surface area contributed by atoms with Crippen LogP contribution in [0.1, 0.15) is 16.7 Å². The predicted octanol–water partition coefficient (Wildman–Crippen LogP) is 5.97. The van der Waals surface area contributed by atoms with Crippen LogP contribution in [0.3, 0.4) is 0 Å². The van der Waals surface area contributed by atoms with Gasteiger partial charge in [0, 0.05) is 18.2 Å². The summed E-state index contributed by atoms with van der Waals surface area (Å²) in [7, 11) is 1.53. The molecule has 0 aliphatic carbocycles. The minimum Gasteiger partial charge on any atom is -0.488 e. The number of halogens is 3. The second kappa shape index (κ2) is 8.86. The van der Waals surface area contributed by atoms with Crippen molar-refractivity contribution < 1.29 is 18.6 Å². The second-order valence-corrected chi connectivity index (χ2v) is 7.84. The molecule has 1 aliphatic rings. The number of rotatable bonds is 7. The zero-order chi connectivity index (χ0) is 22.0. The average Bonchev–Trinajstić information content (AvgIpc) is 3.59. The van der Waals surface area contributed by atoms with Gasteiger partial charge in [0.15, 0.2) is 11.6 Å². The molecule has 3 aromatic rings. The summed E-state index contributed by atoms with van der Waals surface area (Å²) in [6.07, 6.45) is 0. The van der Waals surface area contributed by atoms with Gasteiger partial charge in [0.05, 0.1) is 34.9 Å². The van der Waals surface area contributed by atoms with Gasteiger partial charge in [-0.3, -0.25) is 0 Å². The Morgan fingerprint density at radius 3 is 2.48 bits per heavy atom. The summed E-state index contributed by atoms with van der Waals surface area (Å²) in [5.41, 5.74) is 1.47. The second-order valence-electron chi connectivity index (χ2n) is 7.05. The van der Waals surface area contributed by atoms with Gasteiger partial charge in [0.1, 0.15) is 12.2 Å². The molecule has 3 aromatic carbocycles. The number of benzene rings is 3. The molecule has 0 saturated carbocycles. The number of methoxy groups -OCH3 is 1. The van der Waals surface area contributed by atoms with Gasteiger partial charge in [-0.1, -0.05) is 53.5 Å². The normalized spacial score (nSPS) is 17.3. The van der Waals surface area contributed by atoms with Crippen LogP contribution in [0.4, 0.5) is 4.39 Å². The number of ether oxygens (including phenoxy) is 3. The molecule has 1 heterocycles. The number of nitriles is 1. The smallest absolute Gasteiger partial charge is 0.174 e. The van der Waals surface area contributed by atoms with Gasteiger partial charge in [0.25, 0.3) is 0 Å². The van der Waals surface area contributed by atoms with E-state index in [-0.39, 0.29) is 33.5 Å². The lowest BCUT2D eigenvalue weighted by Gasteiger charge is -2.18. The first-order valence-corrected chi connectivity index (χ1v) is 10.3. The Morgan fingerprint density at radius 2 is 1.84 bits per heavy atom. The van der Waals surface area contributed by atoms with Crippen molar-refractivity contribution in [3.8, 4) is 22.9 Å². The van der Waals surface area contributed by atoms with Crippen molar-refractivity contribution in [3.05, 3.63) is 87.2 Å². The van der Waals surface area contributed by atoms with E-state index in [1.54, 1.807) is 12.1 Å². The highest BCUT2D eigenvalue weighted by Crippen LogP contribution is 2.49. The van der Waals surface area contributed by atoms with Gasteiger partial charge in [0.2, 0.25) is 0 Å². The van der Waals surface area contributed by atoms with E-state index in [4.69, 9.17) is 37.4 Å². The third-order valence-corrected chi connectivity index (χ3v) is 6.01. The Bertz CT molecular complexity index is 1160. The molecule has 4 nitrogen and oxygen atoms in total. The van der Waals surface area contributed by atoms with Crippen molar-refractivity contribution in [2.24, 2.45) is 0 Å². The summed E-state index contributed by atoms with van der Waals surface area (Å²) >= 11 is 12.9. The molecular weight excluding hydrogens is 440 g/mol. The first-order chi connectivity index (χ1) is 15.0. The Balaban J connectivity index is 1.86. The maximum Gasteiger partial charge on any atom is 0.174 e. The minimum absolute atomic E-state index is 0.00378. The van der Waals surface area contributed by atoms with Crippen LogP contribution in [-0.4, -0.2) is 26.9 Å². The molecule has 0 N–H and O–H groups in total. The molecule has 0 radical (unpaired) electrons. The Labute approximate surface area is 189 Å². The fourth-order valence-corrected chi connectivity index (χ4v) is 3.97. The molecule has 1 atom stereocenters. The molecule has 158 valence electrons. The molecule has 0 bridgehead atoms. The van der Waals surface area contributed by atoms with Crippen LogP contribution in [0, 0.1) is 17.1 Å². The third kappa shape index (κ3) is 4.00. The average molecular weight is 458 g/mol. The lowest BCUT2D eigenvalue weighted by molar-refractivity contribution is 0.144. The van der Waals surface area contributed by atoms with Crippen LogP contribution in [0.2, 0.25) is 10.0 Å². The fraction of sp³-hybridized carbons (Fsp3) is 0.208. The van der Waals surface area contributed by atoms with Crippen molar-refractivity contribution >= 4 is 23.2 Å². The fourth-order valence-electron chi connectivity index (χ4n) is 3.54. The molecule has 1 saturated heterocycles. The number of hydrogen-bond acceptors (Lipinski definition) is 4. The highest BCUT2D eigenvalue weighted by atomic mass is 35.5. The minimum atomic E-state index is -0.684. The molecule has 4 rings (SSSR count). The van der Waals surface area contributed by atoms with Gasteiger partial charge in [-0.2, -0.15) is 5.26 Å². The van der Waals surface area contributed by atoms with E-state index < -0.39 is 11.4 Å².